The van der Waals surface area contributed by atoms with Crippen LogP contribution in [0.2, 0.25) is 0 Å². The molecule has 1 saturated heterocycles. The number of rotatable bonds is 7. The number of nitrogens with zero attached hydrogens (tertiary/aromatic N) is 1. The topological polar surface area (TPSA) is 77.1 Å². The maximum absolute atomic E-state index is 12.5. The number of para-hydroxylation sites is 1. The van der Waals surface area contributed by atoms with Crippen LogP contribution in [0.5, 0.6) is 17.2 Å². The number of fused-ring (bicyclic) bond motifs is 1. The Morgan fingerprint density at radius 2 is 2.03 bits per heavy atom. The first-order valence-corrected chi connectivity index (χ1v) is 9.70. The van der Waals surface area contributed by atoms with Crippen LogP contribution in [-0.2, 0) is 22.6 Å². The van der Waals surface area contributed by atoms with E-state index in [1.807, 2.05) is 42.5 Å². The van der Waals surface area contributed by atoms with E-state index in [1.165, 1.54) is 0 Å². The Bertz CT molecular complexity index is 914. The van der Waals surface area contributed by atoms with E-state index < -0.39 is 0 Å². The molecule has 0 spiro atoms. The van der Waals surface area contributed by atoms with Crippen LogP contribution in [0, 0.1) is 5.92 Å². The molecule has 7 nitrogen and oxygen atoms in total. The monoisotopic (exact) mass is 396 g/mol. The Morgan fingerprint density at radius 1 is 1.21 bits per heavy atom. The maximum Gasteiger partial charge on any atom is 0.231 e. The van der Waals surface area contributed by atoms with Gasteiger partial charge in [0.05, 0.1) is 13.0 Å². The summed E-state index contributed by atoms with van der Waals surface area (Å²) in [6.07, 6.45) is 0.919. The van der Waals surface area contributed by atoms with Crippen molar-refractivity contribution >= 4 is 11.8 Å². The summed E-state index contributed by atoms with van der Waals surface area (Å²) in [6, 6.07) is 13.4. The van der Waals surface area contributed by atoms with Crippen molar-refractivity contribution in [2.24, 2.45) is 5.92 Å². The van der Waals surface area contributed by atoms with Gasteiger partial charge in [-0.05, 0) is 35.7 Å². The number of carbonyl (C=O) groups is 2. The lowest BCUT2D eigenvalue weighted by Crippen LogP contribution is -2.34. The highest BCUT2D eigenvalue weighted by Crippen LogP contribution is 2.33. The van der Waals surface area contributed by atoms with Crippen LogP contribution in [0.15, 0.2) is 42.5 Å². The summed E-state index contributed by atoms with van der Waals surface area (Å²) in [6.45, 7) is 1.61. The summed E-state index contributed by atoms with van der Waals surface area (Å²) in [5, 5.41) is 2.95. The van der Waals surface area contributed by atoms with Gasteiger partial charge in [0.15, 0.2) is 11.5 Å². The molecule has 2 aromatic carbocycles. The number of hydrogen-bond donors (Lipinski definition) is 1. The van der Waals surface area contributed by atoms with Crippen molar-refractivity contribution in [2.75, 3.05) is 27.0 Å². The van der Waals surface area contributed by atoms with Crippen molar-refractivity contribution in [1.29, 1.82) is 0 Å². The molecule has 2 amide bonds. The second kappa shape index (κ2) is 8.43. The molecule has 1 N–H and O–H groups in total. The Kier molecular flexibility index (Phi) is 5.55. The number of carbonyl (C=O) groups excluding carboxylic acids is 2. The van der Waals surface area contributed by atoms with Gasteiger partial charge in [-0.25, -0.2) is 0 Å². The molecule has 29 heavy (non-hydrogen) atoms. The van der Waals surface area contributed by atoms with Crippen molar-refractivity contribution < 1.29 is 23.8 Å². The van der Waals surface area contributed by atoms with Gasteiger partial charge in [0.1, 0.15) is 5.75 Å². The van der Waals surface area contributed by atoms with Gasteiger partial charge < -0.3 is 24.4 Å². The number of hydrogen-bond acceptors (Lipinski definition) is 5. The number of amides is 2. The van der Waals surface area contributed by atoms with E-state index in [0.717, 1.165) is 16.9 Å². The summed E-state index contributed by atoms with van der Waals surface area (Å²) in [7, 11) is 1.64. The highest BCUT2D eigenvalue weighted by atomic mass is 16.7. The number of nitrogens with one attached hydrogen (secondary N) is 1. The van der Waals surface area contributed by atoms with Crippen LogP contribution in [0.25, 0.3) is 0 Å². The minimum Gasteiger partial charge on any atom is -0.496 e. The SMILES string of the molecule is COc1ccccc1CCNC(=O)C1CC(=O)N(Cc2ccc3c(c2)OCO3)C1. The van der Waals surface area contributed by atoms with Crippen LogP contribution < -0.4 is 19.5 Å². The number of ether oxygens (including phenoxy) is 3. The molecule has 0 aliphatic carbocycles. The highest BCUT2D eigenvalue weighted by Gasteiger charge is 2.34. The van der Waals surface area contributed by atoms with Gasteiger partial charge in [-0.1, -0.05) is 24.3 Å². The Balaban J connectivity index is 1.29. The molecule has 0 saturated carbocycles. The molecule has 2 aromatic rings. The molecule has 2 heterocycles. The van der Waals surface area contributed by atoms with E-state index in [4.69, 9.17) is 14.2 Å². The molecule has 2 aliphatic rings. The second-order valence-electron chi connectivity index (χ2n) is 7.22. The molecule has 7 heteroatoms. The lowest BCUT2D eigenvalue weighted by atomic mass is 10.1. The average molecular weight is 396 g/mol. The molecule has 1 fully saturated rings. The van der Waals surface area contributed by atoms with E-state index in [0.29, 0.717) is 37.6 Å². The predicted molar refractivity (Wildman–Crippen MR) is 106 cm³/mol. The molecule has 2 aliphatic heterocycles. The standard InChI is InChI=1S/C22H24N2O5/c1-27-18-5-3-2-4-16(18)8-9-23-22(26)17-11-21(25)24(13-17)12-15-6-7-19-20(10-15)29-14-28-19/h2-7,10,17H,8-9,11-14H2,1H3,(H,23,26). The van der Waals surface area contributed by atoms with Gasteiger partial charge in [-0.15, -0.1) is 0 Å². The largest absolute Gasteiger partial charge is 0.496 e. The first-order chi connectivity index (χ1) is 14.1. The van der Waals surface area contributed by atoms with E-state index >= 15 is 0 Å². The summed E-state index contributed by atoms with van der Waals surface area (Å²) >= 11 is 0. The third kappa shape index (κ3) is 4.29. The fourth-order valence-electron chi connectivity index (χ4n) is 3.73. The molecule has 152 valence electrons. The van der Waals surface area contributed by atoms with Crippen LogP contribution >= 0.6 is 0 Å². The van der Waals surface area contributed by atoms with E-state index in [-0.39, 0.29) is 30.9 Å². The van der Waals surface area contributed by atoms with Crippen molar-refractivity contribution in [2.45, 2.75) is 19.4 Å². The first-order valence-electron chi connectivity index (χ1n) is 9.70. The Labute approximate surface area is 169 Å². The van der Waals surface area contributed by atoms with Gasteiger partial charge in [-0.3, -0.25) is 9.59 Å². The number of benzene rings is 2. The van der Waals surface area contributed by atoms with Crippen LogP contribution in [0.1, 0.15) is 17.5 Å². The van der Waals surface area contributed by atoms with Crippen molar-refractivity contribution in [3.05, 3.63) is 53.6 Å². The van der Waals surface area contributed by atoms with E-state index in [1.54, 1.807) is 12.0 Å². The second-order valence-corrected chi connectivity index (χ2v) is 7.22. The Morgan fingerprint density at radius 3 is 2.90 bits per heavy atom. The fourth-order valence-corrected chi connectivity index (χ4v) is 3.73. The van der Waals surface area contributed by atoms with Gasteiger partial charge >= 0.3 is 0 Å². The minimum atomic E-state index is -0.325. The van der Waals surface area contributed by atoms with Crippen molar-refractivity contribution in [1.82, 2.24) is 10.2 Å². The number of methoxy groups -OCH3 is 1. The lowest BCUT2D eigenvalue weighted by molar-refractivity contribution is -0.129. The molecule has 1 atom stereocenters. The normalized spacial score (nSPS) is 17.5. The number of likely N-dealkylation sites (tertiary alicyclic amines) is 1. The van der Waals surface area contributed by atoms with Gasteiger partial charge in [0, 0.05) is 26.1 Å². The molecule has 0 bridgehead atoms. The van der Waals surface area contributed by atoms with Crippen molar-refractivity contribution in [3.63, 3.8) is 0 Å². The van der Waals surface area contributed by atoms with Gasteiger partial charge in [0.25, 0.3) is 0 Å². The molecule has 0 aromatic heterocycles. The van der Waals surface area contributed by atoms with Crippen LogP contribution in [0.3, 0.4) is 0 Å². The smallest absolute Gasteiger partial charge is 0.231 e. The van der Waals surface area contributed by atoms with Gasteiger partial charge in [0.2, 0.25) is 18.6 Å². The summed E-state index contributed by atoms with van der Waals surface area (Å²) in [4.78, 5) is 26.6. The zero-order valence-electron chi connectivity index (χ0n) is 16.3. The Hall–Kier alpha value is -3.22. The quantitative estimate of drug-likeness (QED) is 0.776. The van der Waals surface area contributed by atoms with E-state index in [2.05, 4.69) is 5.32 Å². The third-order valence-electron chi connectivity index (χ3n) is 5.28. The molecule has 0 radical (unpaired) electrons. The summed E-state index contributed by atoms with van der Waals surface area (Å²) in [5.74, 6) is 1.81. The zero-order chi connectivity index (χ0) is 20.2. The average Bonchev–Trinajstić information content (AvgIpc) is 3.34. The molecular weight excluding hydrogens is 372 g/mol. The van der Waals surface area contributed by atoms with Crippen LogP contribution in [0.4, 0.5) is 0 Å². The third-order valence-corrected chi connectivity index (χ3v) is 5.28. The minimum absolute atomic E-state index is 0.00690. The maximum atomic E-state index is 12.5. The predicted octanol–water partition coefficient (Wildman–Crippen LogP) is 2.13. The van der Waals surface area contributed by atoms with Gasteiger partial charge in [-0.2, -0.15) is 0 Å². The zero-order valence-corrected chi connectivity index (χ0v) is 16.3. The van der Waals surface area contributed by atoms with Crippen LogP contribution in [-0.4, -0.2) is 43.7 Å². The summed E-state index contributed by atoms with van der Waals surface area (Å²) < 4.78 is 16.0. The summed E-state index contributed by atoms with van der Waals surface area (Å²) in [5.41, 5.74) is 2.00. The van der Waals surface area contributed by atoms with E-state index in [9.17, 15) is 9.59 Å². The highest BCUT2D eigenvalue weighted by molar-refractivity contribution is 5.89. The molecular formula is C22H24N2O5. The first kappa shape index (κ1) is 19.1. The fraction of sp³-hybridized carbons (Fsp3) is 0.364. The molecule has 1 unspecified atom stereocenters. The van der Waals surface area contributed by atoms with Crippen molar-refractivity contribution in [3.8, 4) is 17.2 Å². The molecule has 4 rings (SSSR count). The lowest BCUT2D eigenvalue weighted by Gasteiger charge is -2.17.